The molecule has 1 aromatic rings. The zero-order chi connectivity index (χ0) is 13.9. The molecule has 0 heterocycles. The third-order valence-corrected chi connectivity index (χ3v) is 2.72. The highest BCUT2D eigenvalue weighted by Gasteiger charge is 2.16. The van der Waals surface area contributed by atoms with Gasteiger partial charge in [-0.3, -0.25) is 15.4 Å². The normalized spacial score (nSPS) is 10.3. The molecule has 0 saturated heterocycles. The average Bonchev–Trinajstić information content (AvgIpc) is 2.20. The predicted molar refractivity (Wildman–Crippen MR) is 70.8 cm³/mol. The number of carbonyl (C=O) groups is 1. The van der Waals surface area contributed by atoms with Crippen LogP contribution in [-0.2, 0) is 4.74 Å². The number of benzene rings is 1. The van der Waals surface area contributed by atoms with Crippen LogP contribution in [0.2, 0.25) is 0 Å². The van der Waals surface area contributed by atoms with Gasteiger partial charge in [0.1, 0.15) is 0 Å². The van der Waals surface area contributed by atoms with Crippen molar-refractivity contribution < 1.29 is 14.5 Å². The fourth-order valence-corrected chi connectivity index (χ4v) is 1.86. The number of halogens is 1. The number of carbonyl (C=O) groups excluding carboxylic acids is 1. The first-order valence-corrected chi connectivity index (χ1v) is 6.02. The highest BCUT2D eigenvalue weighted by atomic mass is 79.9. The lowest BCUT2D eigenvalue weighted by molar-refractivity contribution is -0.385. The van der Waals surface area contributed by atoms with E-state index in [2.05, 4.69) is 21.2 Å². The van der Waals surface area contributed by atoms with Gasteiger partial charge >= 0.3 is 6.09 Å². The largest absolute Gasteiger partial charge is 0.447 e. The third-order valence-electron chi connectivity index (χ3n) is 2.06. The van der Waals surface area contributed by atoms with Crippen LogP contribution in [-0.4, -0.2) is 17.1 Å². The summed E-state index contributed by atoms with van der Waals surface area (Å²) < 4.78 is 5.46. The molecule has 0 aliphatic heterocycles. The van der Waals surface area contributed by atoms with E-state index >= 15 is 0 Å². The van der Waals surface area contributed by atoms with Gasteiger partial charge in [0.2, 0.25) is 0 Å². The lowest BCUT2D eigenvalue weighted by atomic mass is 10.2. The first-order chi connectivity index (χ1) is 8.31. The predicted octanol–water partition coefficient (Wildman–Crippen LogP) is 3.62. The zero-order valence-electron chi connectivity index (χ0n) is 10.2. The van der Waals surface area contributed by atoms with Crippen LogP contribution in [0.3, 0.4) is 0 Å². The second-order valence-electron chi connectivity index (χ2n) is 3.95. The minimum atomic E-state index is -0.649. The number of anilines is 1. The summed E-state index contributed by atoms with van der Waals surface area (Å²) in [5.74, 6) is 0. The zero-order valence-corrected chi connectivity index (χ0v) is 11.8. The quantitative estimate of drug-likeness (QED) is 0.682. The van der Waals surface area contributed by atoms with Crippen LogP contribution in [0.15, 0.2) is 16.6 Å². The molecule has 0 aliphatic rings. The van der Waals surface area contributed by atoms with Gasteiger partial charge in [-0.05, 0) is 42.8 Å². The molecule has 0 aliphatic carbocycles. The van der Waals surface area contributed by atoms with E-state index < -0.39 is 11.0 Å². The van der Waals surface area contributed by atoms with E-state index in [-0.39, 0.29) is 11.8 Å². The molecule has 0 aromatic heterocycles. The number of nitrogens with one attached hydrogen (secondary N) is 1. The van der Waals surface area contributed by atoms with Gasteiger partial charge in [0.05, 0.1) is 16.7 Å². The Morgan fingerprint density at radius 3 is 2.61 bits per heavy atom. The van der Waals surface area contributed by atoms with Crippen LogP contribution < -0.4 is 5.32 Å². The van der Waals surface area contributed by atoms with Crippen LogP contribution in [0, 0.1) is 17.0 Å². The third kappa shape index (κ3) is 3.69. The van der Waals surface area contributed by atoms with E-state index in [9.17, 15) is 14.9 Å². The Balaban J connectivity index is 2.99. The molecule has 0 radical (unpaired) electrons. The van der Waals surface area contributed by atoms with Gasteiger partial charge in [-0.2, -0.15) is 0 Å². The van der Waals surface area contributed by atoms with E-state index in [4.69, 9.17) is 4.74 Å². The molecule has 0 bridgehead atoms. The summed E-state index contributed by atoms with van der Waals surface area (Å²) in [5, 5.41) is 13.2. The monoisotopic (exact) mass is 316 g/mol. The number of hydrogen-bond acceptors (Lipinski definition) is 4. The lowest BCUT2D eigenvalue weighted by Gasteiger charge is -2.11. The molecule has 98 valence electrons. The average molecular weight is 317 g/mol. The van der Waals surface area contributed by atoms with Crippen molar-refractivity contribution >= 4 is 33.4 Å². The van der Waals surface area contributed by atoms with Crippen LogP contribution >= 0.6 is 15.9 Å². The number of aryl methyl sites for hydroxylation is 1. The Morgan fingerprint density at radius 2 is 2.11 bits per heavy atom. The second-order valence-corrected chi connectivity index (χ2v) is 4.81. The first kappa shape index (κ1) is 14.4. The van der Waals surface area contributed by atoms with Crippen molar-refractivity contribution in [2.45, 2.75) is 26.9 Å². The first-order valence-electron chi connectivity index (χ1n) is 5.23. The molecule has 1 amide bonds. The number of nitro benzene ring substituents is 1. The minimum absolute atomic E-state index is 0.0574. The smallest absolute Gasteiger partial charge is 0.411 e. The molecule has 0 spiro atoms. The maximum absolute atomic E-state index is 11.4. The van der Waals surface area contributed by atoms with Crippen molar-refractivity contribution in [3.05, 3.63) is 32.3 Å². The number of nitro groups is 1. The van der Waals surface area contributed by atoms with E-state index in [1.54, 1.807) is 26.8 Å². The van der Waals surface area contributed by atoms with Gasteiger partial charge in [0.15, 0.2) is 0 Å². The van der Waals surface area contributed by atoms with E-state index in [1.807, 2.05) is 0 Å². The summed E-state index contributed by atoms with van der Waals surface area (Å²) in [6, 6.07) is 2.87. The van der Waals surface area contributed by atoms with E-state index in [0.29, 0.717) is 15.7 Å². The molecular weight excluding hydrogens is 304 g/mol. The molecule has 0 unspecified atom stereocenters. The summed E-state index contributed by atoms with van der Waals surface area (Å²) >= 11 is 3.23. The van der Waals surface area contributed by atoms with Gasteiger partial charge in [-0.1, -0.05) is 0 Å². The maximum Gasteiger partial charge on any atom is 0.411 e. The van der Waals surface area contributed by atoms with Crippen molar-refractivity contribution in [2.75, 3.05) is 5.32 Å². The number of ether oxygens (including phenoxy) is 1. The Labute approximate surface area is 113 Å². The summed E-state index contributed by atoms with van der Waals surface area (Å²) in [5.41, 5.74) is 0.755. The molecule has 0 atom stereocenters. The fourth-order valence-electron chi connectivity index (χ4n) is 1.31. The molecule has 6 nitrogen and oxygen atoms in total. The Bertz CT molecular complexity index is 488. The lowest BCUT2D eigenvalue weighted by Crippen LogP contribution is -2.18. The summed E-state index contributed by atoms with van der Waals surface area (Å²) in [6.07, 6.45) is -0.909. The van der Waals surface area contributed by atoms with E-state index in [0.717, 1.165) is 0 Å². The van der Waals surface area contributed by atoms with Crippen LogP contribution in [0.1, 0.15) is 19.4 Å². The Hall–Kier alpha value is -1.63. The molecular formula is C11H13BrN2O4. The second kappa shape index (κ2) is 5.81. The van der Waals surface area contributed by atoms with Crippen LogP contribution in [0.25, 0.3) is 0 Å². The van der Waals surface area contributed by atoms with Gasteiger partial charge in [-0.25, -0.2) is 4.79 Å². The molecule has 7 heteroatoms. The number of nitrogens with zero attached hydrogens (tertiary/aromatic N) is 1. The molecule has 0 fully saturated rings. The maximum atomic E-state index is 11.4. The summed E-state index contributed by atoms with van der Waals surface area (Å²) in [7, 11) is 0. The van der Waals surface area contributed by atoms with Gasteiger partial charge in [-0.15, -0.1) is 0 Å². The number of amides is 1. The van der Waals surface area contributed by atoms with Crippen LogP contribution in [0.4, 0.5) is 16.2 Å². The topological polar surface area (TPSA) is 81.5 Å². The van der Waals surface area contributed by atoms with E-state index in [1.165, 1.54) is 6.07 Å². The Kier molecular flexibility index (Phi) is 4.66. The number of hydrogen-bond donors (Lipinski definition) is 1. The number of rotatable bonds is 3. The highest BCUT2D eigenvalue weighted by Crippen LogP contribution is 2.30. The minimum Gasteiger partial charge on any atom is -0.447 e. The standard InChI is InChI=1S/C11H13BrN2O4/c1-6(2)18-11(15)13-9-5-10(14(16)17)7(3)4-8(9)12/h4-6H,1-3H3,(H,13,15). The Morgan fingerprint density at radius 1 is 1.50 bits per heavy atom. The van der Waals surface area contributed by atoms with Crippen molar-refractivity contribution in [3.8, 4) is 0 Å². The van der Waals surface area contributed by atoms with Crippen molar-refractivity contribution in [1.29, 1.82) is 0 Å². The van der Waals surface area contributed by atoms with Crippen molar-refractivity contribution in [3.63, 3.8) is 0 Å². The van der Waals surface area contributed by atoms with Crippen LogP contribution in [0.5, 0.6) is 0 Å². The van der Waals surface area contributed by atoms with Gasteiger partial charge in [0.25, 0.3) is 5.69 Å². The summed E-state index contributed by atoms with van der Waals surface area (Å²) in [6.45, 7) is 5.05. The van der Waals surface area contributed by atoms with Crippen molar-refractivity contribution in [2.24, 2.45) is 0 Å². The molecule has 1 rings (SSSR count). The molecule has 0 saturated carbocycles. The van der Waals surface area contributed by atoms with Gasteiger partial charge < -0.3 is 4.74 Å². The SMILES string of the molecule is Cc1cc(Br)c(NC(=O)OC(C)C)cc1[N+](=O)[O-]. The summed E-state index contributed by atoms with van der Waals surface area (Å²) in [4.78, 5) is 21.7. The molecule has 18 heavy (non-hydrogen) atoms. The van der Waals surface area contributed by atoms with Crippen molar-refractivity contribution in [1.82, 2.24) is 0 Å². The molecule has 1 N–H and O–H groups in total. The fraction of sp³-hybridized carbons (Fsp3) is 0.364. The highest BCUT2D eigenvalue weighted by molar-refractivity contribution is 9.10. The van der Waals surface area contributed by atoms with Gasteiger partial charge in [0, 0.05) is 16.1 Å². The molecule has 1 aromatic carbocycles.